The average molecular weight is 447 g/mol. The van der Waals surface area contributed by atoms with Crippen molar-refractivity contribution in [2.75, 3.05) is 6.61 Å². The summed E-state index contributed by atoms with van der Waals surface area (Å²) >= 11 is 17.6. The number of hydrogen-bond acceptors (Lipinski definition) is 5. The zero-order chi connectivity index (χ0) is 20.7. The predicted octanol–water partition coefficient (Wildman–Crippen LogP) is 4.18. The van der Waals surface area contributed by atoms with Gasteiger partial charge in [0, 0.05) is 23.6 Å². The van der Waals surface area contributed by atoms with Crippen molar-refractivity contribution in [2.45, 2.75) is 12.8 Å². The fraction of sp³-hybridized carbons (Fsp3) is 0.176. The van der Waals surface area contributed by atoms with Gasteiger partial charge in [-0.1, -0.05) is 34.8 Å². The summed E-state index contributed by atoms with van der Waals surface area (Å²) < 4.78 is 5.45. The highest BCUT2D eigenvalue weighted by Crippen LogP contribution is 2.27. The third-order valence-corrected chi connectivity index (χ3v) is 4.28. The smallest absolute Gasteiger partial charge is 0.271 e. The first-order chi connectivity index (χ1) is 13.3. The topological polar surface area (TPSA) is 111 Å². The van der Waals surface area contributed by atoms with Crippen LogP contribution < -0.4 is 15.6 Å². The summed E-state index contributed by atoms with van der Waals surface area (Å²) in [4.78, 5) is 34.0. The molecule has 2 aromatic carbocycles. The Balaban J connectivity index is 1.77. The summed E-state index contributed by atoms with van der Waals surface area (Å²) in [5, 5.41) is 11.6. The van der Waals surface area contributed by atoms with Gasteiger partial charge in [-0.25, -0.2) is 0 Å². The molecule has 0 fully saturated rings. The Labute approximate surface area is 174 Å². The van der Waals surface area contributed by atoms with Gasteiger partial charge in [-0.05, 0) is 30.7 Å². The fourth-order valence-electron chi connectivity index (χ4n) is 2.06. The van der Waals surface area contributed by atoms with E-state index in [0.717, 1.165) is 6.07 Å². The van der Waals surface area contributed by atoms with Crippen LogP contribution in [0.2, 0.25) is 15.1 Å². The van der Waals surface area contributed by atoms with Crippen molar-refractivity contribution < 1.29 is 19.2 Å². The molecule has 0 aromatic heterocycles. The van der Waals surface area contributed by atoms with Gasteiger partial charge in [0.2, 0.25) is 5.91 Å². The summed E-state index contributed by atoms with van der Waals surface area (Å²) in [5.41, 5.74) is 3.95. The molecule has 0 saturated heterocycles. The minimum atomic E-state index is -0.772. The Bertz CT molecular complexity index is 908. The Hall–Kier alpha value is -2.55. The van der Waals surface area contributed by atoms with Crippen LogP contribution in [0.5, 0.6) is 5.75 Å². The predicted molar refractivity (Wildman–Crippen MR) is 105 cm³/mol. The Kier molecular flexibility index (Phi) is 7.86. The molecule has 0 atom stereocenters. The zero-order valence-electron chi connectivity index (χ0n) is 14.2. The second-order valence-electron chi connectivity index (χ2n) is 5.45. The lowest BCUT2D eigenvalue weighted by molar-refractivity contribution is -0.384. The highest BCUT2D eigenvalue weighted by atomic mass is 35.5. The van der Waals surface area contributed by atoms with Crippen LogP contribution in [0.15, 0.2) is 36.4 Å². The number of benzene rings is 2. The first-order valence-electron chi connectivity index (χ1n) is 7.89. The monoisotopic (exact) mass is 445 g/mol. The van der Waals surface area contributed by atoms with Crippen LogP contribution in [-0.4, -0.2) is 23.3 Å². The van der Waals surface area contributed by atoms with E-state index >= 15 is 0 Å². The molecule has 0 unspecified atom stereocenters. The number of carbonyl (C=O) groups excluding carboxylic acids is 2. The molecule has 28 heavy (non-hydrogen) atoms. The van der Waals surface area contributed by atoms with Gasteiger partial charge in [0.15, 0.2) is 0 Å². The molecule has 2 rings (SSSR count). The van der Waals surface area contributed by atoms with Crippen LogP contribution >= 0.6 is 34.8 Å². The van der Waals surface area contributed by atoms with Crippen LogP contribution in [0, 0.1) is 10.1 Å². The van der Waals surface area contributed by atoms with Crippen LogP contribution in [-0.2, 0) is 4.79 Å². The molecule has 0 aliphatic rings. The van der Waals surface area contributed by atoms with E-state index in [-0.39, 0.29) is 29.3 Å². The number of hydrazine groups is 1. The van der Waals surface area contributed by atoms with Crippen LogP contribution in [0.1, 0.15) is 23.2 Å². The van der Waals surface area contributed by atoms with Crippen molar-refractivity contribution in [3.63, 3.8) is 0 Å². The molecule has 11 heteroatoms. The van der Waals surface area contributed by atoms with E-state index in [4.69, 9.17) is 39.5 Å². The van der Waals surface area contributed by atoms with Crippen molar-refractivity contribution in [1.29, 1.82) is 0 Å². The van der Waals surface area contributed by atoms with Gasteiger partial charge < -0.3 is 4.74 Å². The van der Waals surface area contributed by atoms with Crippen LogP contribution in [0.3, 0.4) is 0 Å². The lowest BCUT2D eigenvalue weighted by atomic mass is 10.2. The highest BCUT2D eigenvalue weighted by molar-refractivity contribution is 6.35. The van der Waals surface area contributed by atoms with E-state index in [0.29, 0.717) is 22.2 Å². The Morgan fingerprint density at radius 3 is 2.46 bits per heavy atom. The number of amides is 2. The third-order valence-electron chi connectivity index (χ3n) is 3.42. The van der Waals surface area contributed by atoms with E-state index in [9.17, 15) is 19.7 Å². The molecule has 2 N–H and O–H groups in total. The molecule has 0 spiro atoms. The van der Waals surface area contributed by atoms with Crippen molar-refractivity contribution in [3.8, 4) is 5.75 Å². The second-order valence-corrected chi connectivity index (χ2v) is 6.70. The Morgan fingerprint density at radius 1 is 1.04 bits per heavy atom. The summed E-state index contributed by atoms with van der Waals surface area (Å²) in [6.45, 7) is 0.222. The quantitative estimate of drug-likeness (QED) is 0.377. The lowest BCUT2D eigenvalue weighted by Crippen LogP contribution is -2.41. The molecule has 148 valence electrons. The largest absolute Gasteiger partial charge is 0.492 e. The number of non-ortho nitro benzene ring substituents is 1. The van der Waals surface area contributed by atoms with Gasteiger partial charge in [0.1, 0.15) is 5.75 Å². The van der Waals surface area contributed by atoms with Crippen LogP contribution in [0.4, 0.5) is 5.69 Å². The van der Waals surface area contributed by atoms with E-state index in [1.54, 1.807) is 18.2 Å². The number of nitrogens with one attached hydrogen (secondary N) is 2. The zero-order valence-corrected chi connectivity index (χ0v) is 16.5. The van der Waals surface area contributed by atoms with Gasteiger partial charge in [-0.15, -0.1) is 0 Å². The number of nitro groups is 1. The SMILES string of the molecule is O=C(CCCOc1ccc(Cl)cc1Cl)NNC(=O)c1cc([N+](=O)[O-])ccc1Cl. The van der Waals surface area contributed by atoms with E-state index in [1.165, 1.54) is 12.1 Å². The number of halogens is 3. The molecule has 0 aliphatic heterocycles. The summed E-state index contributed by atoms with van der Waals surface area (Å²) in [6.07, 6.45) is 0.423. The van der Waals surface area contributed by atoms with Crippen molar-refractivity contribution in [3.05, 3.63) is 67.1 Å². The maximum absolute atomic E-state index is 12.0. The number of nitro benzene ring substituents is 1. The minimum absolute atomic E-state index is 0.0191. The highest BCUT2D eigenvalue weighted by Gasteiger charge is 2.16. The summed E-state index contributed by atoms with van der Waals surface area (Å²) in [7, 11) is 0. The first-order valence-corrected chi connectivity index (χ1v) is 9.02. The molecular formula is C17H14Cl3N3O5. The summed E-state index contributed by atoms with van der Waals surface area (Å²) in [5.74, 6) is -0.799. The molecule has 0 saturated carbocycles. The summed E-state index contributed by atoms with van der Waals surface area (Å²) in [6, 6.07) is 8.21. The van der Waals surface area contributed by atoms with Crippen molar-refractivity contribution in [2.24, 2.45) is 0 Å². The van der Waals surface area contributed by atoms with E-state index in [2.05, 4.69) is 10.9 Å². The minimum Gasteiger partial charge on any atom is -0.492 e. The number of rotatable bonds is 7. The standard InChI is InChI=1S/C17H14Cl3N3O5/c18-10-3-6-15(14(20)8-10)28-7-1-2-16(24)21-22-17(25)12-9-11(23(26)27)4-5-13(12)19/h3-6,8-9H,1-2,7H2,(H,21,24)(H,22,25). The number of carbonyl (C=O) groups is 2. The number of ether oxygens (including phenoxy) is 1. The molecule has 2 aromatic rings. The second kappa shape index (κ2) is 10.1. The average Bonchev–Trinajstić information content (AvgIpc) is 2.64. The van der Waals surface area contributed by atoms with Gasteiger partial charge in [0.25, 0.3) is 11.6 Å². The van der Waals surface area contributed by atoms with Gasteiger partial charge >= 0.3 is 0 Å². The van der Waals surface area contributed by atoms with Gasteiger partial charge in [0.05, 0.1) is 27.1 Å². The van der Waals surface area contributed by atoms with Gasteiger partial charge in [-0.3, -0.25) is 30.6 Å². The van der Waals surface area contributed by atoms with Crippen molar-refractivity contribution >= 4 is 52.3 Å². The van der Waals surface area contributed by atoms with E-state index < -0.39 is 16.7 Å². The molecule has 2 amide bonds. The maximum Gasteiger partial charge on any atom is 0.271 e. The molecule has 0 heterocycles. The van der Waals surface area contributed by atoms with Gasteiger partial charge in [-0.2, -0.15) is 0 Å². The van der Waals surface area contributed by atoms with Crippen molar-refractivity contribution in [1.82, 2.24) is 10.9 Å². The Morgan fingerprint density at radius 2 is 1.79 bits per heavy atom. The lowest BCUT2D eigenvalue weighted by Gasteiger charge is -2.10. The molecule has 0 aliphatic carbocycles. The van der Waals surface area contributed by atoms with E-state index in [1.807, 2.05) is 0 Å². The normalized spacial score (nSPS) is 10.2. The molecule has 8 nitrogen and oxygen atoms in total. The third kappa shape index (κ3) is 6.26. The van der Waals surface area contributed by atoms with Crippen LogP contribution in [0.25, 0.3) is 0 Å². The molecular weight excluding hydrogens is 433 g/mol. The fourth-order valence-corrected chi connectivity index (χ4v) is 2.73. The number of hydrogen-bond donors (Lipinski definition) is 2. The first kappa shape index (κ1) is 21.7. The molecule has 0 radical (unpaired) electrons. The number of nitrogens with zero attached hydrogens (tertiary/aromatic N) is 1. The maximum atomic E-state index is 12.0. The molecule has 0 bridgehead atoms.